The highest BCUT2D eigenvalue weighted by atomic mass is 16.4. The molecule has 0 unspecified atom stereocenters. The van der Waals surface area contributed by atoms with E-state index >= 15 is 0 Å². The SMILES string of the molecule is CN(C)C(=O)Cn1c(-c2ccccc2)c(C2CCCC2)c2ccc(C(=O)NC3(C(=O)Nc4ccc(C=CC(=O)O)cc4)CCCC3)cc21. The Hall–Kier alpha value is -5.18. The maximum absolute atomic E-state index is 14.0. The van der Waals surface area contributed by atoms with Crippen molar-refractivity contribution in [1.29, 1.82) is 0 Å². The van der Waals surface area contributed by atoms with E-state index in [-0.39, 0.29) is 24.3 Å². The fraction of sp³-hybridized carbons (Fsp3) is 0.333. The van der Waals surface area contributed by atoms with Crippen LogP contribution in [0.25, 0.3) is 28.2 Å². The maximum atomic E-state index is 14.0. The van der Waals surface area contributed by atoms with Crippen molar-refractivity contribution in [2.24, 2.45) is 0 Å². The van der Waals surface area contributed by atoms with Gasteiger partial charge in [-0.25, -0.2) is 4.79 Å². The zero-order chi connectivity index (χ0) is 33.8. The van der Waals surface area contributed by atoms with Crippen LogP contribution < -0.4 is 10.6 Å². The lowest BCUT2D eigenvalue weighted by molar-refractivity contribution is -0.131. The first-order valence-electron chi connectivity index (χ1n) is 16.7. The first-order chi connectivity index (χ1) is 23.1. The minimum absolute atomic E-state index is 0.0376. The minimum Gasteiger partial charge on any atom is -0.478 e. The number of hydrogen-bond donors (Lipinski definition) is 3. The summed E-state index contributed by atoms with van der Waals surface area (Å²) in [6.45, 7) is 0.142. The Kier molecular flexibility index (Phi) is 9.48. The van der Waals surface area contributed by atoms with Crippen LogP contribution in [-0.4, -0.2) is 57.9 Å². The number of aliphatic carboxylic acids is 1. The molecule has 3 amide bonds. The van der Waals surface area contributed by atoms with Gasteiger partial charge in [-0.3, -0.25) is 14.4 Å². The fourth-order valence-electron chi connectivity index (χ4n) is 7.27. The molecule has 2 saturated carbocycles. The van der Waals surface area contributed by atoms with Gasteiger partial charge in [-0.05, 0) is 78.6 Å². The number of rotatable bonds is 10. The molecule has 3 N–H and O–H groups in total. The smallest absolute Gasteiger partial charge is 0.328 e. The predicted molar refractivity (Wildman–Crippen MR) is 188 cm³/mol. The normalized spacial score (nSPS) is 16.0. The number of benzene rings is 3. The molecule has 6 rings (SSSR count). The van der Waals surface area contributed by atoms with E-state index in [1.54, 1.807) is 43.3 Å². The van der Waals surface area contributed by atoms with Crippen LogP contribution in [0.15, 0.2) is 78.9 Å². The Morgan fingerprint density at radius 1 is 0.917 bits per heavy atom. The number of hydrogen-bond acceptors (Lipinski definition) is 4. The molecule has 0 bridgehead atoms. The number of nitrogens with one attached hydrogen (secondary N) is 2. The van der Waals surface area contributed by atoms with Crippen molar-refractivity contribution in [3.05, 3.63) is 95.6 Å². The summed E-state index contributed by atoms with van der Waals surface area (Å²) in [5, 5.41) is 16.0. The monoisotopic (exact) mass is 646 g/mol. The van der Waals surface area contributed by atoms with Crippen molar-refractivity contribution in [3.63, 3.8) is 0 Å². The molecule has 0 atom stereocenters. The second-order valence-corrected chi connectivity index (χ2v) is 13.2. The van der Waals surface area contributed by atoms with Crippen LogP contribution in [0.4, 0.5) is 5.69 Å². The average Bonchev–Trinajstić information content (AvgIpc) is 3.85. The Bertz CT molecular complexity index is 1860. The Labute approximate surface area is 280 Å². The second-order valence-electron chi connectivity index (χ2n) is 13.2. The number of likely N-dealkylation sites (N-methyl/N-ethyl adjacent to an activating group) is 1. The molecule has 9 nitrogen and oxygen atoms in total. The second kappa shape index (κ2) is 13.9. The average molecular weight is 647 g/mol. The number of carbonyl (C=O) groups excluding carboxylic acids is 3. The summed E-state index contributed by atoms with van der Waals surface area (Å²) >= 11 is 0. The third-order valence-corrected chi connectivity index (χ3v) is 9.80. The van der Waals surface area contributed by atoms with Crippen LogP contribution in [-0.2, 0) is 20.9 Å². The van der Waals surface area contributed by atoms with Gasteiger partial charge in [-0.2, -0.15) is 0 Å². The third kappa shape index (κ3) is 6.76. The summed E-state index contributed by atoms with van der Waals surface area (Å²) in [5.41, 5.74) is 4.76. The highest BCUT2D eigenvalue weighted by Crippen LogP contribution is 2.45. The van der Waals surface area contributed by atoms with E-state index in [0.29, 0.717) is 35.6 Å². The number of nitrogens with zero attached hydrogens (tertiary/aromatic N) is 2. The molecule has 0 spiro atoms. The van der Waals surface area contributed by atoms with Crippen LogP contribution in [0.1, 0.15) is 78.8 Å². The molecule has 9 heteroatoms. The molecule has 0 aliphatic heterocycles. The lowest BCUT2D eigenvalue weighted by Gasteiger charge is -2.29. The molecular formula is C39H42N4O5. The molecule has 4 aromatic rings. The standard InChI is InChI=1S/C39H42N4O5/c1-42(2)33(44)25-43-32-24-29(17-20-31(32)35(27-10-6-7-11-27)36(43)28-12-4-3-5-13-28)37(47)41-39(22-8-9-23-39)38(48)40-30-18-14-26(15-19-30)16-21-34(45)46/h3-5,12-21,24,27H,6-11,22-23,25H2,1-2H3,(H,40,48)(H,41,47)(H,45,46). The van der Waals surface area contributed by atoms with E-state index in [1.165, 1.54) is 24.5 Å². The molecule has 248 valence electrons. The summed E-state index contributed by atoms with van der Waals surface area (Å²) in [6.07, 6.45) is 9.70. The van der Waals surface area contributed by atoms with E-state index in [2.05, 4.69) is 27.3 Å². The van der Waals surface area contributed by atoms with Gasteiger partial charge >= 0.3 is 5.97 Å². The number of aromatic nitrogens is 1. The minimum atomic E-state index is -1.07. The molecule has 0 saturated heterocycles. The molecule has 1 aromatic heterocycles. The van der Waals surface area contributed by atoms with Crippen molar-refractivity contribution in [3.8, 4) is 11.3 Å². The van der Waals surface area contributed by atoms with Crippen LogP contribution >= 0.6 is 0 Å². The first-order valence-corrected chi connectivity index (χ1v) is 16.7. The topological polar surface area (TPSA) is 121 Å². The quantitative estimate of drug-likeness (QED) is 0.163. The molecular weight excluding hydrogens is 604 g/mol. The van der Waals surface area contributed by atoms with Crippen molar-refractivity contribution >= 4 is 46.4 Å². The summed E-state index contributed by atoms with van der Waals surface area (Å²) in [6, 6.07) is 22.8. The van der Waals surface area contributed by atoms with Gasteiger partial charge in [0.15, 0.2) is 0 Å². The van der Waals surface area contributed by atoms with Gasteiger partial charge in [0.25, 0.3) is 5.91 Å². The number of anilines is 1. The summed E-state index contributed by atoms with van der Waals surface area (Å²) < 4.78 is 2.07. The van der Waals surface area contributed by atoms with Gasteiger partial charge in [0.1, 0.15) is 12.1 Å². The van der Waals surface area contributed by atoms with Crippen LogP contribution in [0.5, 0.6) is 0 Å². The summed E-state index contributed by atoms with van der Waals surface area (Å²) in [7, 11) is 3.51. The van der Waals surface area contributed by atoms with Crippen molar-refractivity contribution < 1.29 is 24.3 Å². The Morgan fingerprint density at radius 3 is 2.25 bits per heavy atom. The van der Waals surface area contributed by atoms with E-state index in [9.17, 15) is 19.2 Å². The maximum Gasteiger partial charge on any atom is 0.328 e. The molecule has 2 aliphatic carbocycles. The largest absolute Gasteiger partial charge is 0.478 e. The number of carboxylic acid groups (broad SMARTS) is 1. The third-order valence-electron chi connectivity index (χ3n) is 9.80. The number of amides is 3. The Morgan fingerprint density at radius 2 is 1.60 bits per heavy atom. The summed E-state index contributed by atoms with van der Waals surface area (Å²) in [4.78, 5) is 53.4. The van der Waals surface area contributed by atoms with Gasteiger partial charge in [0.2, 0.25) is 11.8 Å². The number of fused-ring (bicyclic) bond motifs is 1. The van der Waals surface area contributed by atoms with E-state index in [4.69, 9.17) is 5.11 Å². The number of carbonyl (C=O) groups is 4. The van der Waals surface area contributed by atoms with Crippen LogP contribution in [0.3, 0.4) is 0 Å². The fourth-order valence-corrected chi connectivity index (χ4v) is 7.27. The lowest BCUT2D eigenvalue weighted by Crippen LogP contribution is -2.55. The highest BCUT2D eigenvalue weighted by molar-refractivity contribution is 6.06. The predicted octanol–water partition coefficient (Wildman–Crippen LogP) is 6.83. The van der Waals surface area contributed by atoms with Gasteiger partial charge in [0, 0.05) is 36.8 Å². The molecule has 48 heavy (non-hydrogen) atoms. The van der Waals surface area contributed by atoms with Gasteiger partial charge in [0.05, 0.1) is 11.2 Å². The molecule has 1 heterocycles. The Balaban J connectivity index is 1.34. The number of carboxylic acids is 1. The molecule has 2 aliphatic rings. The van der Waals surface area contributed by atoms with Gasteiger partial charge < -0.3 is 25.2 Å². The molecule has 3 aromatic carbocycles. The van der Waals surface area contributed by atoms with Crippen molar-refractivity contribution in [1.82, 2.24) is 14.8 Å². The highest BCUT2D eigenvalue weighted by Gasteiger charge is 2.43. The lowest BCUT2D eigenvalue weighted by atomic mass is 9.91. The van der Waals surface area contributed by atoms with E-state index in [0.717, 1.165) is 53.9 Å². The summed E-state index contributed by atoms with van der Waals surface area (Å²) in [5.74, 6) is -1.32. The van der Waals surface area contributed by atoms with Crippen LogP contribution in [0.2, 0.25) is 0 Å². The molecule has 2 fully saturated rings. The zero-order valence-electron chi connectivity index (χ0n) is 27.5. The van der Waals surface area contributed by atoms with E-state index < -0.39 is 11.5 Å². The first kappa shape index (κ1) is 32.7. The molecule has 0 radical (unpaired) electrons. The van der Waals surface area contributed by atoms with Crippen molar-refractivity contribution in [2.45, 2.75) is 69.4 Å². The van der Waals surface area contributed by atoms with Gasteiger partial charge in [-0.1, -0.05) is 74.2 Å². The van der Waals surface area contributed by atoms with Gasteiger partial charge in [-0.15, -0.1) is 0 Å². The van der Waals surface area contributed by atoms with Crippen LogP contribution in [0, 0.1) is 0 Å². The zero-order valence-corrected chi connectivity index (χ0v) is 27.5. The van der Waals surface area contributed by atoms with Crippen molar-refractivity contribution in [2.75, 3.05) is 19.4 Å². The van der Waals surface area contributed by atoms with E-state index in [1.807, 2.05) is 36.4 Å².